The molecule has 0 amide bonds. The molecule has 6 nitrogen and oxygen atoms in total. The molecule has 0 saturated carbocycles. The van der Waals surface area contributed by atoms with E-state index in [9.17, 15) is 4.79 Å². The Balaban J connectivity index is 2.43. The first-order chi connectivity index (χ1) is 7.08. The van der Waals surface area contributed by atoms with Crippen LogP contribution in [0.5, 0.6) is 0 Å². The fourth-order valence-corrected chi connectivity index (χ4v) is 0.884. The zero-order valence-electron chi connectivity index (χ0n) is 8.39. The monoisotopic (exact) mass is 218 g/mol. The molecule has 0 aromatic rings. The van der Waals surface area contributed by atoms with Gasteiger partial charge in [-0.1, -0.05) is 0 Å². The highest BCUT2D eigenvalue weighted by atomic mass is 16.6. The summed E-state index contributed by atoms with van der Waals surface area (Å²) >= 11 is 0. The maximum Gasteiger partial charge on any atom is 0.377 e. The lowest BCUT2D eigenvalue weighted by molar-refractivity contribution is -0.147. The summed E-state index contributed by atoms with van der Waals surface area (Å²) < 4.78 is 9.49. The van der Waals surface area contributed by atoms with Crippen molar-refractivity contribution in [2.75, 3.05) is 26.4 Å². The molecule has 0 aromatic heterocycles. The van der Waals surface area contributed by atoms with E-state index in [4.69, 9.17) is 24.8 Å². The fraction of sp³-hybridized carbons (Fsp3) is 0.667. The summed E-state index contributed by atoms with van der Waals surface area (Å²) in [6.45, 7) is -0.0338. The van der Waals surface area contributed by atoms with Gasteiger partial charge in [0.05, 0.1) is 25.2 Å². The van der Waals surface area contributed by atoms with Crippen molar-refractivity contribution in [2.24, 2.45) is 5.41 Å². The van der Waals surface area contributed by atoms with Gasteiger partial charge in [0.15, 0.2) is 5.76 Å². The summed E-state index contributed by atoms with van der Waals surface area (Å²) in [5.74, 6) is 0.00698. The van der Waals surface area contributed by atoms with Crippen LogP contribution in [0.2, 0.25) is 0 Å². The molecule has 1 rings (SSSR count). The standard InChI is InChI=1S/C9H14O6/c1-6-7(15-6)8(13)14-5-9(2-10,3-11)4-12/h10-12H,2-5H2,1H3. The van der Waals surface area contributed by atoms with Gasteiger partial charge in [-0.2, -0.15) is 0 Å². The van der Waals surface area contributed by atoms with Crippen molar-refractivity contribution < 1.29 is 29.6 Å². The number of carbonyl (C=O) groups excluding carboxylic acids is 1. The van der Waals surface area contributed by atoms with Crippen LogP contribution in [-0.4, -0.2) is 47.7 Å². The molecule has 0 spiro atoms. The number of hydrogen-bond acceptors (Lipinski definition) is 6. The molecule has 86 valence electrons. The first-order valence-corrected chi connectivity index (χ1v) is 4.47. The van der Waals surface area contributed by atoms with Gasteiger partial charge in [0.25, 0.3) is 0 Å². The number of esters is 1. The van der Waals surface area contributed by atoms with Crippen molar-refractivity contribution in [1.29, 1.82) is 0 Å². The number of hydrogen-bond donors (Lipinski definition) is 3. The second-order valence-corrected chi connectivity index (χ2v) is 3.54. The van der Waals surface area contributed by atoms with Crippen molar-refractivity contribution in [1.82, 2.24) is 0 Å². The Morgan fingerprint density at radius 2 is 1.80 bits per heavy atom. The first-order valence-electron chi connectivity index (χ1n) is 4.47. The van der Waals surface area contributed by atoms with E-state index < -0.39 is 31.2 Å². The van der Waals surface area contributed by atoms with Crippen LogP contribution in [-0.2, 0) is 14.3 Å². The van der Waals surface area contributed by atoms with Crippen molar-refractivity contribution in [3.8, 4) is 0 Å². The van der Waals surface area contributed by atoms with Gasteiger partial charge in [-0.3, -0.25) is 0 Å². The lowest BCUT2D eigenvalue weighted by Crippen LogP contribution is -2.39. The van der Waals surface area contributed by atoms with E-state index in [0.717, 1.165) is 0 Å². The summed E-state index contributed by atoms with van der Waals surface area (Å²) in [6, 6.07) is 0. The molecule has 0 saturated heterocycles. The lowest BCUT2D eigenvalue weighted by atomic mass is 9.93. The van der Waals surface area contributed by atoms with Crippen molar-refractivity contribution in [3.63, 3.8) is 0 Å². The first kappa shape index (κ1) is 12.0. The minimum atomic E-state index is -1.20. The van der Waals surface area contributed by atoms with E-state index in [0.29, 0.717) is 5.76 Å². The van der Waals surface area contributed by atoms with Gasteiger partial charge in [-0.25, -0.2) is 4.79 Å². The van der Waals surface area contributed by atoms with Crippen molar-refractivity contribution >= 4 is 5.97 Å². The zero-order chi connectivity index (χ0) is 11.5. The molecule has 15 heavy (non-hydrogen) atoms. The van der Waals surface area contributed by atoms with E-state index in [1.165, 1.54) is 0 Å². The molecule has 0 fully saturated rings. The molecule has 1 aliphatic heterocycles. The third kappa shape index (κ3) is 2.68. The van der Waals surface area contributed by atoms with Crippen LogP contribution in [0.4, 0.5) is 0 Å². The molecule has 0 aliphatic carbocycles. The highest BCUT2D eigenvalue weighted by molar-refractivity contribution is 5.90. The number of ether oxygens (including phenoxy) is 2. The second-order valence-electron chi connectivity index (χ2n) is 3.54. The van der Waals surface area contributed by atoms with E-state index >= 15 is 0 Å². The molecule has 0 unspecified atom stereocenters. The maximum atomic E-state index is 11.2. The van der Waals surface area contributed by atoms with E-state index in [-0.39, 0.29) is 12.4 Å². The minimum Gasteiger partial charge on any atom is -0.459 e. The van der Waals surface area contributed by atoms with Crippen LogP contribution in [0.1, 0.15) is 6.92 Å². The van der Waals surface area contributed by atoms with Gasteiger partial charge in [-0.05, 0) is 6.92 Å². The van der Waals surface area contributed by atoms with Crippen LogP contribution in [0.3, 0.4) is 0 Å². The van der Waals surface area contributed by atoms with Crippen LogP contribution in [0.15, 0.2) is 11.5 Å². The number of allylic oxidation sites excluding steroid dienone is 1. The molecule has 0 bridgehead atoms. The Labute approximate surface area is 86.7 Å². The van der Waals surface area contributed by atoms with Gasteiger partial charge < -0.3 is 24.8 Å². The van der Waals surface area contributed by atoms with Gasteiger partial charge in [-0.15, -0.1) is 0 Å². The lowest BCUT2D eigenvalue weighted by Gasteiger charge is -2.25. The van der Waals surface area contributed by atoms with Crippen LogP contribution < -0.4 is 0 Å². The fourth-order valence-electron chi connectivity index (χ4n) is 0.884. The van der Waals surface area contributed by atoms with E-state index in [2.05, 4.69) is 0 Å². The number of aliphatic hydroxyl groups excluding tert-OH is 3. The normalized spacial score (nSPS) is 14.9. The summed E-state index contributed by atoms with van der Waals surface area (Å²) in [4.78, 5) is 11.2. The van der Waals surface area contributed by atoms with E-state index in [1.54, 1.807) is 6.92 Å². The number of rotatable bonds is 6. The predicted octanol–water partition coefficient (Wildman–Crippen LogP) is -1.25. The highest BCUT2D eigenvalue weighted by Gasteiger charge is 2.34. The van der Waals surface area contributed by atoms with Crippen LogP contribution in [0.25, 0.3) is 0 Å². The van der Waals surface area contributed by atoms with Gasteiger partial charge >= 0.3 is 5.97 Å². The smallest absolute Gasteiger partial charge is 0.377 e. The summed E-state index contributed by atoms with van der Waals surface area (Å²) in [6.07, 6.45) is 0. The Bertz CT molecular complexity index is 270. The second kappa shape index (κ2) is 4.61. The molecule has 0 aromatic carbocycles. The van der Waals surface area contributed by atoms with Crippen molar-refractivity contribution in [3.05, 3.63) is 11.5 Å². The SMILES string of the molecule is CC1=C(C(=O)OCC(CO)(CO)CO)O1. The van der Waals surface area contributed by atoms with Gasteiger partial charge in [0.1, 0.15) is 6.61 Å². The summed E-state index contributed by atoms with van der Waals surface area (Å²) in [5, 5.41) is 26.8. The Morgan fingerprint density at radius 1 is 1.33 bits per heavy atom. The molecule has 1 heterocycles. The topological polar surface area (TPSA) is 99.5 Å². The Kier molecular flexibility index (Phi) is 3.67. The minimum absolute atomic E-state index is 0.151. The largest absolute Gasteiger partial charge is 0.459 e. The summed E-state index contributed by atoms with van der Waals surface area (Å²) in [7, 11) is 0. The number of carbonyl (C=O) groups is 1. The molecule has 0 atom stereocenters. The van der Waals surface area contributed by atoms with Crippen LogP contribution in [0, 0.1) is 5.41 Å². The van der Waals surface area contributed by atoms with Crippen molar-refractivity contribution in [2.45, 2.75) is 6.92 Å². The third-order valence-electron chi connectivity index (χ3n) is 2.23. The third-order valence-corrected chi connectivity index (χ3v) is 2.23. The predicted molar refractivity (Wildman–Crippen MR) is 48.4 cm³/mol. The Morgan fingerprint density at radius 3 is 2.13 bits per heavy atom. The molecule has 6 heteroatoms. The van der Waals surface area contributed by atoms with Gasteiger partial charge in [0.2, 0.25) is 5.76 Å². The molecule has 3 N–H and O–H groups in total. The molecular weight excluding hydrogens is 204 g/mol. The molecule has 0 radical (unpaired) electrons. The number of aliphatic hydroxyl groups is 3. The molecule has 1 aliphatic rings. The average molecular weight is 218 g/mol. The van der Waals surface area contributed by atoms with E-state index in [1.807, 2.05) is 0 Å². The highest BCUT2D eigenvalue weighted by Crippen LogP contribution is 2.27. The summed E-state index contributed by atoms with van der Waals surface area (Å²) in [5.41, 5.74) is -1.20. The van der Waals surface area contributed by atoms with Crippen LogP contribution >= 0.6 is 0 Å². The maximum absolute atomic E-state index is 11.2. The average Bonchev–Trinajstić information content (AvgIpc) is 2.98. The van der Waals surface area contributed by atoms with Gasteiger partial charge in [0, 0.05) is 0 Å². The molecular formula is C9H14O6. The quantitative estimate of drug-likeness (QED) is 0.482. The Hall–Kier alpha value is -1.11. The zero-order valence-corrected chi connectivity index (χ0v) is 8.39.